The Morgan fingerprint density at radius 2 is 1.75 bits per heavy atom. The second kappa shape index (κ2) is 8.14. The molecule has 0 spiro atoms. The summed E-state index contributed by atoms with van der Waals surface area (Å²) in [7, 11) is 2.86. The van der Waals surface area contributed by atoms with Crippen molar-refractivity contribution in [3.63, 3.8) is 0 Å². The summed E-state index contributed by atoms with van der Waals surface area (Å²) in [6, 6.07) is 10.7. The lowest BCUT2D eigenvalue weighted by atomic mass is 10.1. The molecule has 28 heavy (non-hydrogen) atoms. The van der Waals surface area contributed by atoms with E-state index in [0.717, 1.165) is 21.2 Å². The second-order valence-corrected chi connectivity index (χ2v) is 6.93. The quantitative estimate of drug-likeness (QED) is 0.591. The Morgan fingerprint density at radius 3 is 2.43 bits per heavy atom. The first-order valence-corrected chi connectivity index (χ1v) is 9.27. The predicted octanol–water partition coefficient (Wildman–Crippen LogP) is 4.66. The molecule has 0 atom stereocenters. The average Bonchev–Trinajstić information content (AvgIpc) is 3.11. The van der Waals surface area contributed by atoms with Crippen molar-refractivity contribution >= 4 is 44.6 Å². The van der Waals surface area contributed by atoms with Crippen LogP contribution in [-0.4, -0.2) is 31.2 Å². The van der Waals surface area contributed by atoms with Crippen LogP contribution < -0.4 is 14.8 Å². The Kier molecular flexibility index (Phi) is 5.65. The summed E-state index contributed by atoms with van der Waals surface area (Å²) in [6.07, 6.45) is 1.46. The van der Waals surface area contributed by atoms with Crippen molar-refractivity contribution in [1.82, 2.24) is 0 Å². The molecule has 0 fully saturated rings. The zero-order valence-electron chi connectivity index (χ0n) is 15.6. The number of allylic oxidation sites excluding steroid dienone is 1. The molecule has 0 aliphatic heterocycles. The Morgan fingerprint density at radius 1 is 1.07 bits per heavy atom. The van der Waals surface area contributed by atoms with Crippen molar-refractivity contribution in [3.8, 4) is 11.5 Å². The number of carboxylic acids is 1. The van der Waals surface area contributed by atoms with E-state index >= 15 is 0 Å². The lowest BCUT2D eigenvalue weighted by molar-refractivity contribution is -0.111. The van der Waals surface area contributed by atoms with E-state index in [1.807, 2.05) is 36.6 Å². The van der Waals surface area contributed by atoms with Crippen LogP contribution in [0.15, 0.2) is 47.9 Å². The van der Waals surface area contributed by atoms with Gasteiger partial charge in [0.15, 0.2) is 11.5 Å². The first-order valence-electron chi connectivity index (χ1n) is 8.39. The number of amides is 1. The van der Waals surface area contributed by atoms with Gasteiger partial charge in [-0.15, -0.1) is 11.3 Å². The third-order valence-corrected chi connectivity index (χ3v) is 5.23. The van der Waals surface area contributed by atoms with Gasteiger partial charge in [0.2, 0.25) is 5.91 Å². The van der Waals surface area contributed by atoms with Crippen molar-refractivity contribution in [1.29, 1.82) is 0 Å². The second-order valence-electron chi connectivity index (χ2n) is 6.02. The molecule has 144 valence electrons. The summed E-state index contributed by atoms with van der Waals surface area (Å²) in [6.45, 7) is 1.85. The summed E-state index contributed by atoms with van der Waals surface area (Å²) < 4.78 is 11.5. The van der Waals surface area contributed by atoms with Gasteiger partial charge < -0.3 is 19.9 Å². The Balaban J connectivity index is 1.92. The van der Waals surface area contributed by atoms with Crippen LogP contribution in [0.5, 0.6) is 11.5 Å². The average molecular weight is 397 g/mol. The highest BCUT2D eigenvalue weighted by Crippen LogP contribution is 2.34. The monoisotopic (exact) mass is 397 g/mol. The van der Waals surface area contributed by atoms with Crippen LogP contribution in [0, 0.1) is 0 Å². The number of anilines is 1. The van der Waals surface area contributed by atoms with Gasteiger partial charge in [-0.1, -0.05) is 18.2 Å². The highest BCUT2D eigenvalue weighted by atomic mass is 32.1. The van der Waals surface area contributed by atoms with Crippen LogP contribution >= 0.6 is 11.3 Å². The topological polar surface area (TPSA) is 84.9 Å². The fourth-order valence-corrected chi connectivity index (χ4v) is 3.91. The van der Waals surface area contributed by atoms with Crippen LogP contribution in [0.1, 0.15) is 22.8 Å². The molecule has 7 heteroatoms. The van der Waals surface area contributed by atoms with E-state index in [2.05, 4.69) is 5.32 Å². The molecule has 6 nitrogen and oxygen atoms in total. The number of carbonyl (C=O) groups excluding carboxylic acids is 1. The van der Waals surface area contributed by atoms with Gasteiger partial charge in [0.05, 0.1) is 25.5 Å². The molecule has 0 unspecified atom stereocenters. The number of hydrogen-bond donors (Lipinski definition) is 2. The number of nitrogens with one attached hydrogen (secondary N) is 1. The van der Waals surface area contributed by atoms with E-state index in [0.29, 0.717) is 5.75 Å². The molecule has 0 saturated carbocycles. The first kappa shape index (κ1) is 19.4. The zero-order valence-corrected chi connectivity index (χ0v) is 16.4. The fourth-order valence-electron chi connectivity index (χ4n) is 2.89. The number of aromatic carboxylic acids is 1. The van der Waals surface area contributed by atoms with Gasteiger partial charge >= 0.3 is 5.97 Å². The lowest BCUT2D eigenvalue weighted by Gasteiger charge is -2.13. The van der Waals surface area contributed by atoms with Gasteiger partial charge in [-0.05, 0) is 34.9 Å². The summed E-state index contributed by atoms with van der Waals surface area (Å²) in [5.74, 6) is -1.01. The molecule has 0 radical (unpaired) electrons. The molecule has 1 aromatic heterocycles. The molecule has 3 rings (SSSR count). The van der Waals surface area contributed by atoms with Crippen molar-refractivity contribution in [3.05, 3.63) is 59.0 Å². The standard InChI is InChI=1S/C21H19NO5S/c1-12(15-11-28-19-7-5-4-6-13(15)19)8-20(23)22-16-10-18(27-3)17(26-2)9-14(16)21(24)25/h4-11H,1-3H3,(H,22,23)(H,24,25). The largest absolute Gasteiger partial charge is 0.493 e. The van der Waals surface area contributed by atoms with E-state index in [4.69, 9.17) is 9.47 Å². The van der Waals surface area contributed by atoms with Gasteiger partial charge in [0.25, 0.3) is 0 Å². The number of ether oxygens (including phenoxy) is 2. The molecule has 2 N–H and O–H groups in total. The molecule has 3 aromatic rings. The van der Waals surface area contributed by atoms with E-state index in [1.165, 1.54) is 32.4 Å². The fraction of sp³-hybridized carbons (Fsp3) is 0.143. The number of hydrogen-bond acceptors (Lipinski definition) is 5. The summed E-state index contributed by atoms with van der Waals surface area (Å²) in [5.41, 5.74) is 1.81. The Labute approximate surface area is 166 Å². The number of carbonyl (C=O) groups is 2. The molecule has 0 bridgehead atoms. The van der Waals surface area contributed by atoms with E-state index in [-0.39, 0.29) is 17.0 Å². The van der Waals surface area contributed by atoms with E-state index in [1.54, 1.807) is 11.3 Å². The van der Waals surface area contributed by atoms with Crippen molar-refractivity contribution in [2.24, 2.45) is 0 Å². The molecular weight excluding hydrogens is 378 g/mol. The predicted molar refractivity (Wildman–Crippen MR) is 111 cm³/mol. The SMILES string of the molecule is COc1cc(NC(=O)C=C(C)c2csc3ccccc23)c(C(=O)O)cc1OC. The molecule has 0 aliphatic rings. The van der Waals surface area contributed by atoms with E-state index < -0.39 is 11.9 Å². The number of benzene rings is 2. The third-order valence-electron chi connectivity index (χ3n) is 4.27. The van der Waals surface area contributed by atoms with Gasteiger partial charge in [-0.3, -0.25) is 4.79 Å². The molecule has 0 saturated heterocycles. The maximum absolute atomic E-state index is 12.5. The number of methoxy groups -OCH3 is 2. The molecule has 1 amide bonds. The first-order chi connectivity index (χ1) is 13.4. The van der Waals surface area contributed by atoms with Crippen LogP contribution in [-0.2, 0) is 4.79 Å². The third kappa shape index (κ3) is 3.84. The van der Waals surface area contributed by atoms with Crippen LogP contribution in [0.25, 0.3) is 15.7 Å². The highest BCUT2D eigenvalue weighted by Gasteiger charge is 2.17. The van der Waals surface area contributed by atoms with Crippen molar-refractivity contribution in [2.45, 2.75) is 6.92 Å². The minimum Gasteiger partial charge on any atom is -0.493 e. The van der Waals surface area contributed by atoms with E-state index in [9.17, 15) is 14.7 Å². The molecular formula is C21H19NO5S. The van der Waals surface area contributed by atoms with Gasteiger partial charge in [-0.2, -0.15) is 0 Å². The minimum absolute atomic E-state index is 0.0852. The molecule has 2 aromatic carbocycles. The summed E-state index contributed by atoms with van der Waals surface area (Å²) in [4.78, 5) is 24.1. The van der Waals surface area contributed by atoms with Gasteiger partial charge in [-0.25, -0.2) is 4.79 Å². The Hall–Kier alpha value is -3.32. The highest BCUT2D eigenvalue weighted by molar-refractivity contribution is 7.17. The minimum atomic E-state index is -1.18. The van der Waals surface area contributed by atoms with Crippen LogP contribution in [0.3, 0.4) is 0 Å². The van der Waals surface area contributed by atoms with Crippen LogP contribution in [0.2, 0.25) is 0 Å². The lowest BCUT2D eigenvalue weighted by Crippen LogP contribution is -2.13. The molecule has 1 heterocycles. The smallest absolute Gasteiger partial charge is 0.337 e. The van der Waals surface area contributed by atoms with Crippen LogP contribution in [0.4, 0.5) is 5.69 Å². The number of carboxylic acid groups (broad SMARTS) is 1. The number of thiophene rings is 1. The van der Waals surface area contributed by atoms with Crippen molar-refractivity contribution < 1.29 is 24.2 Å². The summed E-state index contributed by atoms with van der Waals surface area (Å²) >= 11 is 1.61. The van der Waals surface area contributed by atoms with Gasteiger partial charge in [0, 0.05) is 22.9 Å². The summed E-state index contributed by atoms with van der Waals surface area (Å²) in [5, 5.41) is 15.2. The van der Waals surface area contributed by atoms with Gasteiger partial charge in [0.1, 0.15) is 0 Å². The normalized spacial score (nSPS) is 11.3. The maximum atomic E-state index is 12.5. The molecule has 0 aliphatic carbocycles. The maximum Gasteiger partial charge on any atom is 0.337 e. The number of rotatable bonds is 6. The van der Waals surface area contributed by atoms with Crippen molar-refractivity contribution in [2.75, 3.05) is 19.5 Å². The zero-order chi connectivity index (χ0) is 20.3. The number of fused-ring (bicyclic) bond motifs is 1. The Bertz CT molecular complexity index is 1080.